The number of nitrogens with zero attached hydrogens (tertiary/aromatic N) is 4. The quantitative estimate of drug-likeness (QED) is 0.747. The molecule has 0 bridgehead atoms. The number of hydrogen-bond acceptors (Lipinski definition) is 6. The normalized spacial score (nSPS) is 14.8. The summed E-state index contributed by atoms with van der Waals surface area (Å²) in [5.41, 5.74) is 0.830. The summed E-state index contributed by atoms with van der Waals surface area (Å²) >= 11 is 0. The SMILES string of the molecule is CN1CCN(c2ccnc(Nc3ccccc3Oc3ccccc3)n2)CC1. The summed E-state index contributed by atoms with van der Waals surface area (Å²) in [6, 6.07) is 19.5. The summed E-state index contributed by atoms with van der Waals surface area (Å²) in [5.74, 6) is 3.04. The van der Waals surface area contributed by atoms with E-state index in [0.717, 1.165) is 49.2 Å². The highest BCUT2D eigenvalue weighted by atomic mass is 16.5. The Balaban J connectivity index is 1.52. The van der Waals surface area contributed by atoms with E-state index in [1.807, 2.05) is 60.7 Å². The first-order valence-corrected chi connectivity index (χ1v) is 9.13. The monoisotopic (exact) mass is 361 g/mol. The second-order valence-electron chi connectivity index (χ2n) is 6.57. The lowest BCUT2D eigenvalue weighted by atomic mass is 10.3. The minimum atomic E-state index is 0.565. The molecule has 4 rings (SSSR count). The molecule has 3 aromatic rings. The summed E-state index contributed by atoms with van der Waals surface area (Å²) in [4.78, 5) is 13.7. The van der Waals surface area contributed by atoms with E-state index < -0.39 is 0 Å². The zero-order valence-corrected chi connectivity index (χ0v) is 15.4. The maximum absolute atomic E-state index is 6.01. The first-order chi connectivity index (χ1) is 13.3. The highest BCUT2D eigenvalue weighted by Gasteiger charge is 2.16. The van der Waals surface area contributed by atoms with Crippen LogP contribution in [0.25, 0.3) is 0 Å². The van der Waals surface area contributed by atoms with Crippen LogP contribution < -0.4 is 15.0 Å². The second-order valence-corrected chi connectivity index (χ2v) is 6.57. The Morgan fingerprint density at radius 1 is 0.889 bits per heavy atom. The zero-order chi connectivity index (χ0) is 18.5. The van der Waals surface area contributed by atoms with Crippen LogP contribution in [-0.2, 0) is 0 Å². The predicted octanol–water partition coefficient (Wildman–Crippen LogP) is 3.76. The van der Waals surface area contributed by atoms with E-state index in [1.54, 1.807) is 6.20 Å². The lowest BCUT2D eigenvalue weighted by Crippen LogP contribution is -2.44. The molecule has 1 saturated heterocycles. The van der Waals surface area contributed by atoms with Crippen molar-refractivity contribution in [2.45, 2.75) is 0 Å². The van der Waals surface area contributed by atoms with Crippen molar-refractivity contribution in [1.29, 1.82) is 0 Å². The smallest absolute Gasteiger partial charge is 0.229 e. The van der Waals surface area contributed by atoms with Crippen LogP contribution in [0.4, 0.5) is 17.5 Å². The van der Waals surface area contributed by atoms with Crippen LogP contribution in [0, 0.1) is 0 Å². The number of nitrogens with one attached hydrogen (secondary N) is 1. The molecule has 138 valence electrons. The third-order valence-corrected chi connectivity index (χ3v) is 4.57. The molecule has 0 radical (unpaired) electrons. The fraction of sp³-hybridized carbons (Fsp3) is 0.238. The molecule has 1 N–H and O–H groups in total. The summed E-state index contributed by atoms with van der Waals surface area (Å²) in [5, 5.41) is 3.30. The number of likely N-dealkylation sites (N-methyl/N-ethyl adjacent to an activating group) is 1. The second kappa shape index (κ2) is 8.05. The Kier molecular flexibility index (Phi) is 5.16. The van der Waals surface area contributed by atoms with Gasteiger partial charge in [0.25, 0.3) is 0 Å². The number of aromatic nitrogens is 2. The zero-order valence-electron chi connectivity index (χ0n) is 15.4. The topological polar surface area (TPSA) is 53.5 Å². The number of ether oxygens (including phenoxy) is 1. The van der Waals surface area contributed by atoms with Gasteiger partial charge in [-0.25, -0.2) is 4.98 Å². The van der Waals surface area contributed by atoms with Gasteiger partial charge in [-0.15, -0.1) is 0 Å². The van der Waals surface area contributed by atoms with Crippen LogP contribution in [0.5, 0.6) is 11.5 Å². The van der Waals surface area contributed by atoms with Crippen molar-refractivity contribution in [3.8, 4) is 11.5 Å². The lowest BCUT2D eigenvalue weighted by Gasteiger charge is -2.33. The molecular weight excluding hydrogens is 338 g/mol. The predicted molar refractivity (Wildman–Crippen MR) is 108 cm³/mol. The van der Waals surface area contributed by atoms with Crippen molar-refractivity contribution in [2.24, 2.45) is 0 Å². The summed E-state index contributed by atoms with van der Waals surface area (Å²) in [6.07, 6.45) is 1.80. The van der Waals surface area contributed by atoms with Gasteiger partial charge in [-0.05, 0) is 37.4 Å². The highest BCUT2D eigenvalue weighted by molar-refractivity contribution is 5.63. The number of anilines is 3. The molecular formula is C21H23N5O. The van der Waals surface area contributed by atoms with Crippen molar-refractivity contribution in [2.75, 3.05) is 43.4 Å². The highest BCUT2D eigenvalue weighted by Crippen LogP contribution is 2.30. The molecule has 1 aliphatic rings. The largest absolute Gasteiger partial charge is 0.455 e. The molecule has 1 aromatic heterocycles. The van der Waals surface area contributed by atoms with E-state index in [2.05, 4.69) is 27.1 Å². The summed E-state index contributed by atoms with van der Waals surface area (Å²) in [7, 11) is 2.15. The van der Waals surface area contributed by atoms with Gasteiger partial charge in [0.2, 0.25) is 5.95 Å². The van der Waals surface area contributed by atoms with Gasteiger partial charge >= 0.3 is 0 Å². The van der Waals surface area contributed by atoms with E-state index in [0.29, 0.717) is 5.95 Å². The van der Waals surface area contributed by atoms with Gasteiger partial charge < -0.3 is 19.9 Å². The minimum Gasteiger partial charge on any atom is -0.455 e. The van der Waals surface area contributed by atoms with Crippen LogP contribution in [0.15, 0.2) is 66.9 Å². The molecule has 1 fully saturated rings. The number of para-hydroxylation sites is 3. The average Bonchev–Trinajstić information content (AvgIpc) is 2.71. The van der Waals surface area contributed by atoms with E-state index in [4.69, 9.17) is 9.72 Å². The molecule has 2 aromatic carbocycles. The van der Waals surface area contributed by atoms with Gasteiger partial charge in [0.05, 0.1) is 5.69 Å². The Bertz CT molecular complexity index is 879. The van der Waals surface area contributed by atoms with Crippen molar-refractivity contribution >= 4 is 17.5 Å². The molecule has 0 saturated carbocycles. The number of hydrogen-bond donors (Lipinski definition) is 1. The van der Waals surface area contributed by atoms with Gasteiger partial charge in [0.15, 0.2) is 5.75 Å². The van der Waals surface area contributed by atoms with Crippen molar-refractivity contribution < 1.29 is 4.74 Å². The Labute approximate surface area is 159 Å². The van der Waals surface area contributed by atoms with Gasteiger partial charge in [0, 0.05) is 32.4 Å². The van der Waals surface area contributed by atoms with Crippen molar-refractivity contribution in [3.63, 3.8) is 0 Å². The number of rotatable bonds is 5. The third kappa shape index (κ3) is 4.35. The number of benzene rings is 2. The Hall–Kier alpha value is -3.12. The third-order valence-electron chi connectivity index (χ3n) is 4.57. The van der Waals surface area contributed by atoms with Crippen LogP contribution in [0.2, 0.25) is 0 Å². The standard InChI is InChI=1S/C21H23N5O/c1-25-13-15-26(16-14-25)20-11-12-22-21(24-20)23-18-9-5-6-10-19(18)27-17-7-3-2-4-8-17/h2-12H,13-16H2,1H3,(H,22,23,24). The fourth-order valence-corrected chi connectivity index (χ4v) is 3.02. The molecule has 0 aliphatic carbocycles. The lowest BCUT2D eigenvalue weighted by molar-refractivity contribution is 0.312. The minimum absolute atomic E-state index is 0.565. The average molecular weight is 361 g/mol. The first kappa shape index (κ1) is 17.3. The van der Waals surface area contributed by atoms with E-state index >= 15 is 0 Å². The molecule has 1 aliphatic heterocycles. The molecule has 6 heteroatoms. The molecule has 6 nitrogen and oxygen atoms in total. The van der Waals surface area contributed by atoms with Crippen LogP contribution >= 0.6 is 0 Å². The van der Waals surface area contributed by atoms with Gasteiger partial charge in [-0.1, -0.05) is 30.3 Å². The maximum Gasteiger partial charge on any atom is 0.229 e. The Morgan fingerprint density at radius 2 is 1.63 bits per heavy atom. The fourth-order valence-electron chi connectivity index (χ4n) is 3.02. The van der Waals surface area contributed by atoms with Crippen LogP contribution in [0.1, 0.15) is 0 Å². The molecule has 0 unspecified atom stereocenters. The van der Waals surface area contributed by atoms with Crippen molar-refractivity contribution in [3.05, 3.63) is 66.9 Å². The van der Waals surface area contributed by atoms with Gasteiger partial charge in [0.1, 0.15) is 11.6 Å². The molecule has 2 heterocycles. The molecule has 0 spiro atoms. The van der Waals surface area contributed by atoms with Crippen LogP contribution in [-0.4, -0.2) is 48.1 Å². The van der Waals surface area contributed by atoms with E-state index in [-0.39, 0.29) is 0 Å². The number of piperazine rings is 1. The Morgan fingerprint density at radius 3 is 2.44 bits per heavy atom. The summed E-state index contributed by atoms with van der Waals surface area (Å²) < 4.78 is 6.01. The molecule has 0 amide bonds. The summed E-state index contributed by atoms with van der Waals surface area (Å²) in [6.45, 7) is 4.03. The van der Waals surface area contributed by atoms with Crippen LogP contribution in [0.3, 0.4) is 0 Å². The molecule has 27 heavy (non-hydrogen) atoms. The van der Waals surface area contributed by atoms with Gasteiger partial charge in [-0.3, -0.25) is 0 Å². The molecule has 0 atom stereocenters. The van der Waals surface area contributed by atoms with Crippen molar-refractivity contribution in [1.82, 2.24) is 14.9 Å². The van der Waals surface area contributed by atoms with E-state index in [1.165, 1.54) is 0 Å². The van der Waals surface area contributed by atoms with Gasteiger partial charge in [-0.2, -0.15) is 4.98 Å². The first-order valence-electron chi connectivity index (χ1n) is 9.13. The maximum atomic E-state index is 6.01. The van der Waals surface area contributed by atoms with E-state index in [9.17, 15) is 0 Å².